The molecule has 1 aliphatic rings. The van der Waals surface area contributed by atoms with Crippen LogP contribution in [-0.2, 0) is 25.4 Å². The molecule has 156 valence electrons. The maximum absolute atomic E-state index is 12.0. The first kappa shape index (κ1) is 22.2. The first-order valence-corrected chi connectivity index (χ1v) is 9.57. The summed E-state index contributed by atoms with van der Waals surface area (Å²) in [4.78, 5) is 28.3. The van der Waals surface area contributed by atoms with E-state index in [1.165, 1.54) is 7.11 Å². The normalized spacial score (nSPS) is 18.1. The molecule has 0 radical (unpaired) electrons. The van der Waals surface area contributed by atoms with E-state index in [4.69, 9.17) is 30.5 Å². The Bertz CT molecular complexity index is 685. The highest BCUT2D eigenvalue weighted by Crippen LogP contribution is 2.26. The molecule has 1 unspecified atom stereocenters. The van der Waals surface area contributed by atoms with E-state index in [-0.39, 0.29) is 17.9 Å². The van der Waals surface area contributed by atoms with Crippen molar-refractivity contribution in [2.24, 2.45) is 0 Å². The molecule has 9 heteroatoms. The Labute approximate surface area is 169 Å². The van der Waals surface area contributed by atoms with E-state index in [9.17, 15) is 9.59 Å². The largest absolute Gasteiger partial charge is 0.467 e. The van der Waals surface area contributed by atoms with Gasteiger partial charge in [-0.25, -0.2) is 14.6 Å². The number of aromatic nitrogens is 1. The number of nitrogens with zero attached hydrogens (tertiary/aromatic N) is 1. The summed E-state index contributed by atoms with van der Waals surface area (Å²) >= 11 is 6.22. The zero-order valence-electron chi connectivity index (χ0n) is 16.6. The summed E-state index contributed by atoms with van der Waals surface area (Å²) in [6, 6.07) is 2.39. The standard InChI is InChI=1S/C19H27ClN2O6/c1-19(2,3)28-18(24)22-13(17(23)25-4)11-12-8-9-14(16(20)21-12)27-15-7-5-6-10-26-15/h8-9,13,15H,5-7,10-11H2,1-4H3,(H,22,24)/t13-,15?/m0/s1. The first-order valence-electron chi connectivity index (χ1n) is 9.19. The third kappa shape index (κ3) is 7.16. The summed E-state index contributed by atoms with van der Waals surface area (Å²) in [5, 5.41) is 2.66. The van der Waals surface area contributed by atoms with E-state index < -0.39 is 23.7 Å². The summed E-state index contributed by atoms with van der Waals surface area (Å²) in [6.07, 6.45) is 1.88. The van der Waals surface area contributed by atoms with Crippen molar-refractivity contribution in [3.05, 3.63) is 23.0 Å². The third-order valence-corrected chi connectivity index (χ3v) is 4.13. The average molecular weight is 415 g/mol. The number of carbonyl (C=O) groups excluding carboxylic acids is 2. The summed E-state index contributed by atoms with van der Waals surface area (Å²) in [6.45, 7) is 5.85. The number of nitrogens with one attached hydrogen (secondary N) is 1. The summed E-state index contributed by atoms with van der Waals surface area (Å²) in [7, 11) is 1.24. The van der Waals surface area contributed by atoms with Crippen LogP contribution in [0.1, 0.15) is 45.7 Å². The number of methoxy groups -OCH3 is 1. The maximum Gasteiger partial charge on any atom is 0.408 e. The minimum Gasteiger partial charge on any atom is -0.467 e. The Morgan fingerprint density at radius 2 is 2.11 bits per heavy atom. The van der Waals surface area contributed by atoms with E-state index in [2.05, 4.69) is 10.3 Å². The number of rotatable bonds is 6. The van der Waals surface area contributed by atoms with Gasteiger partial charge in [-0.1, -0.05) is 11.6 Å². The molecule has 1 N–H and O–H groups in total. The van der Waals surface area contributed by atoms with Crippen LogP contribution in [0.5, 0.6) is 5.75 Å². The minimum absolute atomic E-state index is 0.0891. The molecule has 28 heavy (non-hydrogen) atoms. The number of carbonyl (C=O) groups is 2. The molecule has 1 aromatic rings. The molecule has 1 saturated heterocycles. The van der Waals surface area contributed by atoms with Crippen molar-refractivity contribution in [3.8, 4) is 5.75 Å². The van der Waals surface area contributed by atoms with Crippen LogP contribution in [0.4, 0.5) is 4.79 Å². The molecule has 1 fully saturated rings. The van der Waals surface area contributed by atoms with Crippen molar-refractivity contribution in [1.82, 2.24) is 10.3 Å². The van der Waals surface area contributed by atoms with Crippen molar-refractivity contribution in [3.63, 3.8) is 0 Å². The Balaban J connectivity index is 2.03. The van der Waals surface area contributed by atoms with Crippen LogP contribution in [0.3, 0.4) is 0 Å². The van der Waals surface area contributed by atoms with Gasteiger partial charge in [-0.15, -0.1) is 0 Å². The van der Waals surface area contributed by atoms with Crippen LogP contribution in [0.25, 0.3) is 0 Å². The molecular formula is C19H27ClN2O6. The Morgan fingerprint density at radius 3 is 2.68 bits per heavy atom. The first-order chi connectivity index (χ1) is 13.2. The molecule has 0 saturated carbocycles. The van der Waals surface area contributed by atoms with Crippen molar-refractivity contribution < 1.29 is 28.5 Å². The van der Waals surface area contributed by atoms with E-state index >= 15 is 0 Å². The predicted molar refractivity (Wildman–Crippen MR) is 102 cm³/mol. The lowest BCUT2D eigenvalue weighted by molar-refractivity contribution is -0.143. The lowest BCUT2D eigenvalue weighted by atomic mass is 10.1. The molecule has 0 aromatic carbocycles. The van der Waals surface area contributed by atoms with E-state index in [0.717, 1.165) is 19.3 Å². The number of halogens is 1. The second kappa shape index (κ2) is 9.93. The molecule has 1 amide bonds. The summed E-state index contributed by atoms with van der Waals surface area (Å²) in [5.41, 5.74) is -0.194. The van der Waals surface area contributed by atoms with Gasteiger partial charge in [0.25, 0.3) is 0 Å². The van der Waals surface area contributed by atoms with Crippen LogP contribution in [0, 0.1) is 0 Å². The van der Waals surface area contributed by atoms with E-state index in [0.29, 0.717) is 18.1 Å². The number of hydrogen-bond acceptors (Lipinski definition) is 7. The number of ether oxygens (including phenoxy) is 4. The van der Waals surface area contributed by atoms with Crippen molar-refractivity contribution in [2.75, 3.05) is 13.7 Å². The molecular weight excluding hydrogens is 388 g/mol. The Hall–Kier alpha value is -2.06. The SMILES string of the molecule is COC(=O)[C@H](Cc1ccc(OC2CCCCO2)c(Cl)n1)NC(=O)OC(C)(C)C. The monoisotopic (exact) mass is 414 g/mol. The summed E-state index contributed by atoms with van der Waals surface area (Å²) < 4.78 is 21.2. The zero-order chi connectivity index (χ0) is 20.7. The lowest BCUT2D eigenvalue weighted by Gasteiger charge is -2.24. The number of hydrogen-bond donors (Lipinski definition) is 1. The van der Waals surface area contributed by atoms with E-state index in [1.54, 1.807) is 32.9 Å². The van der Waals surface area contributed by atoms with Gasteiger partial charge in [0.2, 0.25) is 0 Å². The number of amides is 1. The van der Waals surface area contributed by atoms with Gasteiger partial charge in [-0.2, -0.15) is 0 Å². The highest BCUT2D eigenvalue weighted by molar-refractivity contribution is 6.30. The smallest absolute Gasteiger partial charge is 0.408 e. The van der Waals surface area contributed by atoms with Crippen molar-refractivity contribution >= 4 is 23.7 Å². The maximum atomic E-state index is 12.0. The van der Waals surface area contributed by atoms with Crippen LogP contribution in [0.2, 0.25) is 5.15 Å². The molecule has 2 heterocycles. The van der Waals surface area contributed by atoms with Crippen molar-refractivity contribution in [1.29, 1.82) is 0 Å². The minimum atomic E-state index is -0.961. The fraction of sp³-hybridized carbons (Fsp3) is 0.632. The average Bonchev–Trinajstić information content (AvgIpc) is 2.62. The van der Waals surface area contributed by atoms with Gasteiger partial charge >= 0.3 is 12.1 Å². The van der Waals surface area contributed by atoms with Crippen LogP contribution >= 0.6 is 11.6 Å². The number of esters is 1. The predicted octanol–water partition coefficient (Wildman–Crippen LogP) is 3.25. The number of alkyl carbamates (subject to hydrolysis) is 1. The number of pyridine rings is 1. The Morgan fingerprint density at radius 1 is 1.36 bits per heavy atom. The van der Waals surface area contributed by atoms with Gasteiger partial charge in [0, 0.05) is 18.5 Å². The highest BCUT2D eigenvalue weighted by Gasteiger charge is 2.26. The van der Waals surface area contributed by atoms with Gasteiger partial charge in [0.05, 0.1) is 13.7 Å². The molecule has 0 aliphatic carbocycles. The molecule has 2 atom stereocenters. The topological polar surface area (TPSA) is 96.0 Å². The zero-order valence-corrected chi connectivity index (χ0v) is 17.4. The van der Waals surface area contributed by atoms with Gasteiger partial charge in [-0.05, 0) is 45.7 Å². The van der Waals surface area contributed by atoms with Crippen LogP contribution < -0.4 is 10.1 Å². The second-order valence-electron chi connectivity index (χ2n) is 7.43. The second-order valence-corrected chi connectivity index (χ2v) is 7.79. The third-order valence-electron chi connectivity index (χ3n) is 3.86. The molecule has 0 bridgehead atoms. The van der Waals surface area contributed by atoms with Crippen LogP contribution in [0.15, 0.2) is 12.1 Å². The van der Waals surface area contributed by atoms with Gasteiger partial charge in [0.15, 0.2) is 17.2 Å². The molecule has 8 nitrogen and oxygen atoms in total. The quantitative estimate of drug-likeness (QED) is 0.563. The van der Waals surface area contributed by atoms with Crippen LogP contribution in [-0.4, -0.2) is 48.7 Å². The molecule has 2 rings (SSSR count). The fourth-order valence-electron chi connectivity index (χ4n) is 2.60. The molecule has 0 spiro atoms. The molecule has 1 aliphatic heterocycles. The van der Waals surface area contributed by atoms with Crippen molar-refractivity contribution in [2.45, 2.75) is 64.4 Å². The molecule has 1 aromatic heterocycles. The van der Waals surface area contributed by atoms with Gasteiger partial charge in [-0.3, -0.25) is 0 Å². The lowest BCUT2D eigenvalue weighted by Crippen LogP contribution is -2.45. The van der Waals surface area contributed by atoms with E-state index in [1.807, 2.05) is 0 Å². The fourth-order valence-corrected chi connectivity index (χ4v) is 2.82. The van der Waals surface area contributed by atoms with Gasteiger partial charge in [0.1, 0.15) is 11.6 Å². The summed E-state index contributed by atoms with van der Waals surface area (Å²) in [5.74, 6) is -0.202. The van der Waals surface area contributed by atoms with Gasteiger partial charge < -0.3 is 24.3 Å². The highest BCUT2D eigenvalue weighted by atomic mass is 35.5. The Kier molecular flexibility index (Phi) is 7.88.